The monoisotopic (exact) mass is 428 g/mol. The second kappa shape index (κ2) is 7.13. The molecule has 0 unspecified atom stereocenters. The summed E-state index contributed by atoms with van der Waals surface area (Å²) in [5.41, 5.74) is 5.66. The van der Waals surface area contributed by atoms with Crippen LogP contribution in [0, 0.1) is 5.41 Å². The Morgan fingerprint density at radius 2 is 2.14 bits per heavy atom. The Hall–Kier alpha value is -2.40. The van der Waals surface area contributed by atoms with Crippen molar-refractivity contribution in [1.29, 1.82) is 0 Å². The van der Waals surface area contributed by atoms with Crippen molar-refractivity contribution in [2.24, 2.45) is 11.1 Å². The normalized spacial score (nSPS) is 20.7. The number of nitrogens with one attached hydrogen (secondary N) is 1. The molecule has 2 amide bonds. The summed E-state index contributed by atoms with van der Waals surface area (Å²) in [6.45, 7) is 0.785. The van der Waals surface area contributed by atoms with Crippen molar-refractivity contribution in [2.75, 3.05) is 18.4 Å². The fourth-order valence-corrected chi connectivity index (χ4v) is 4.48. The van der Waals surface area contributed by atoms with E-state index in [-0.39, 0.29) is 29.2 Å². The molecule has 0 bridgehead atoms. The molecule has 1 aliphatic heterocycles. The Bertz CT molecular complexity index is 957. The number of thiazole rings is 1. The number of ether oxygens (including phenoxy) is 1. The first-order chi connectivity index (χ1) is 13.7. The van der Waals surface area contributed by atoms with E-state index in [9.17, 15) is 22.8 Å². The molecular weight excluding hydrogens is 409 g/mol. The highest BCUT2D eigenvalue weighted by atomic mass is 32.1. The largest absolute Gasteiger partial charge is 0.573 e. The Morgan fingerprint density at radius 3 is 2.79 bits per heavy atom. The quantitative estimate of drug-likeness (QED) is 0.763. The van der Waals surface area contributed by atoms with Crippen LogP contribution in [0.3, 0.4) is 0 Å². The third-order valence-electron chi connectivity index (χ3n) is 5.34. The average Bonchev–Trinajstić information content (AvgIpc) is 3.11. The molecule has 2 aliphatic rings. The molecule has 2 heterocycles. The Morgan fingerprint density at radius 1 is 1.38 bits per heavy atom. The van der Waals surface area contributed by atoms with E-state index in [1.165, 1.54) is 18.2 Å². The average molecular weight is 428 g/mol. The number of hydrogen-bond acceptors (Lipinski definition) is 6. The van der Waals surface area contributed by atoms with Gasteiger partial charge in [-0.15, -0.1) is 13.2 Å². The van der Waals surface area contributed by atoms with E-state index in [0.29, 0.717) is 23.2 Å². The van der Waals surface area contributed by atoms with Crippen LogP contribution < -0.4 is 15.8 Å². The number of anilines is 1. The topological polar surface area (TPSA) is 97.6 Å². The third-order valence-corrected chi connectivity index (χ3v) is 6.27. The number of fused-ring (bicyclic) bond motifs is 1. The number of aromatic nitrogens is 1. The summed E-state index contributed by atoms with van der Waals surface area (Å²) in [5.74, 6) is -0.777. The van der Waals surface area contributed by atoms with Gasteiger partial charge in [-0.1, -0.05) is 11.3 Å². The molecule has 7 nitrogen and oxygen atoms in total. The number of likely N-dealkylation sites (tertiary alicyclic amines) is 1. The summed E-state index contributed by atoms with van der Waals surface area (Å²) in [6, 6.07) is 3.19. The summed E-state index contributed by atoms with van der Waals surface area (Å²) in [4.78, 5) is 31.4. The third kappa shape index (κ3) is 4.01. The number of nitrogens with zero attached hydrogens (tertiary/aromatic N) is 2. The van der Waals surface area contributed by atoms with Gasteiger partial charge < -0.3 is 20.7 Å². The lowest BCUT2D eigenvalue weighted by atomic mass is 10.1. The number of carbonyl (C=O) groups excluding carboxylic acids is 2. The molecule has 4 rings (SSSR count). The SMILES string of the molecule is NCC1(C(=O)N2CCC[C@@H]2C(=O)Nc2nc3ccc(OC(F)(F)F)cc3s2)CC1. The summed E-state index contributed by atoms with van der Waals surface area (Å²) < 4.78 is 41.5. The van der Waals surface area contributed by atoms with Gasteiger partial charge in [-0.3, -0.25) is 9.59 Å². The zero-order chi connectivity index (χ0) is 20.8. The van der Waals surface area contributed by atoms with E-state index in [4.69, 9.17) is 5.73 Å². The smallest absolute Gasteiger partial charge is 0.406 e. The lowest BCUT2D eigenvalue weighted by molar-refractivity contribution is -0.274. The van der Waals surface area contributed by atoms with Crippen LogP contribution in [0.2, 0.25) is 0 Å². The molecule has 1 aliphatic carbocycles. The van der Waals surface area contributed by atoms with Crippen LogP contribution in [0.15, 0.2) is 18.2 Å². The standard InChI is InChI=1S/C18H19F3N4O3S/c19-18(20,21)28-10-3-4-11-13(8-10)29-16(23-11)24-14(26)12-2-1-7-25(12)15(27)17(9-22)5-6-17/h3-4,8,12H,1-2,5-7,9,22H2,(H,23,24,26)/t12-/m1/s1. The molecular formula is C18H19F3N4O3S. The van der Waals surface area contributed by atoms with Gasteiger partial charge in [0.15, 0.2) is 5.13 Å². The van der Waals surface area contributed by atoms with Crippen LogP contribution >= 0.6 is 11.3 Å². The van der Waals surface area contributed by atoms with Gasteiger partial charge in [-0.05, 0) is 37.8 Å². The maximum atomic E-state index is 12.8. The van der Waals surface area contributed by atoms with Crippen molar-refractivity contribution < 1.29 is 27.5 Å². The number of amides is 2. The molecule has 0 radical (unpaired) electrons. The fourth-order valence-electron chi connectivity index (χ4n) is 3.59. The number of halogens is 3. The van der Waals surface area contributed by atoms with Crippen LogP contribution in [0.1, 0.15) is 25.7 Å². The van der Waals surface area contributed by atoms with E-state index in [1.807, 2.05) is 0 Å². The molecule has 1 saturated heterocycles. The molecule has 1 aromatic carbocycles. The van der Waals surface area contributed by atoms with Crippen LogP contribution in [0.25, 0.3) is 10.2 Å². The summed E-state index contributed by atoms with van der Waals surface area (Å²) >= 11 is 1.04. The second-order valence-electron chi connectivity index (χ2n) is 7.33. The minimum absolute atomic E-state index is 0.0732. The highest BCUT2D eigenvalue weighted by molar-refractivity contribution is 7.22. The van der Waals surface area contributed by atoms with Gasteiger partial charge >= 0.3 is 6.36 Å². The van der Waals surface area contributed by atoms with Gasteiger partial charge in [0.2, 0.25) is 11.8 Å². The molecule has 29 heavy (non-hydrogen) atoms. The number of carbonyl (C=O) groups is 2. The van der Waals surface area contributed by atoms with Crippen molar-refractivity contribution in [1.82, 2.24) is 9.88 Å². The number of hydrogen-bond donors (Lipinski definition) is 2. The maximum absolute atomic E-state index is 12.8. The fraction of sp³-hybridized carbons (Fsp3) is 0.500. The molecule has 0 spiro atoms. The summed E-state index contributed by atoms with van der Waals surface area (Å²) in [6.07, 6.45) is -2.02. The minimum Gasteiger partial charge on any atom is -0.406 e. The van der Waals surface area contributed by atoms with E-state index in [0.717, 1.165) is 30.6 Å². The highest BCUT2D eigenvalue weighted by Gasteiger charge is 2.53. The molecule has 1 atom stereocenters. The Kier molecular flexibility index (Phi) is 4.89. The van der Waals surface area contributed by atoms with Crippen LogP contribution in [0.4, 0.5) is 18.3 Å². The van der Waals surface area contributed by atoms with Crippen LogP contribution in [-0.2, 0) is 9.59 Å². The van der Waals surface area contributed by atoms with E-state index in [1.54, 1.807) is 4.90 Å². The van der Waals surface area contributed by atoms with E-state index < -0.39 is 17.8 Å². The molecule has 11 heteroatoms. The zero-order valence-electron chi connectivity index (χ0n) is 15.3. The number of nitrogens with two attached hydrogens (primary N) is 1. The van der Waals surface area contributed by atoms with E-state index in [2.05, 4.69) is 15.0 Å². The molecule has 1 saturated carbocycles. The number of benzene rings is 1. The minimum atomic E-state index is -4.78. The molecule has 3 N–H and O–H groups in total. The molecule has 2 aromatic rings. The van der Waals surface area contributed by atoms with Crippen LogP contribution in [-0.4, -0.2) is 47.2 Å². The zero-order valence-corrected chi connectivity index (χ0v) is 16.1. The van der Waals surface area contributed by atoms with Gasteiger partial charge in [-0.25, -0.2) is 4.98 Å². The molecule has 156 valence electrons. The van der Waals surface area contributed by atoms with Crippen molar-refractivity contribution in [3.63, 3.8) is 0 Å². The predicted octanol–water partition coefficient (Wildman–Crippen LogP) is 2.86. The maximum Gasteiger partial charge on any atom is 0.573 e. The highest BCUT2D eigenvalue weighted by Crippen LogP contribution is 2.47. The summed E-state index contributed by atoms with van der Waals surface area (Å²) in [5, 5.41) is 2.95. The van der Waals surface area contributed by atoms with Crippen molar-refractivity contribution in [3.8, 4) is 5.75 Å². The number of alkyl halides is 3. The first-order valence-electron chi connectivity index (χ1n) is 9.19. The van der Waals surface area contributed by atoms with Gasteiger partial charge in [0.05, 0.1) is 15.6 Å². The van der Waals surface area contributed by atoms with Gasteiger partial charge in [0.1, 0.15) is 11.8 Å². The van der Waals surface area contributed by atoms with Gasteiger partial charge in [0, 0.05) is 19.2 Å². The first kappa shape index (κ1) is 19.9. The predicted molar refractivity (Wildman–Crippen MR) is 100 cm³/mol. The van der Waals surface area contributed by atoms with E-state index >= 15 is 0 Å². The second-order valence-corrected chi connectivity index (χ2v) is 8.36. The lowest BCUT2D eigenvalue weighted by Gasteiger charge is -2.27. The van der Waals surface area contributed by atoms with Gasteiger partial charge in [-0.2, -0.15) is 0 Å². The number of rotatable bonds is 5. The van der Waals surface area contributed by atoms with Crippen molar-refractivity contribution in [2.45, 2.75) is 38.1 Å². The van der Waals surface area contributed by atoms with Gasteiger partial charge in [0.25, 0.3) is 0 Å². The van der Waals surface area contributed by atoms with Crippen molar-refractivity contribution in [3.05, 3.63) is 18.2 Å². The summed E-state index contributed by atoms with van der Waals surface area (Å²) in [7, 11) is 0. The lowest BCUT2D eigenvalue weighted by Crippen LogP contribution is -2.47. The first-order valence-corrected chi connectivity index (χ1v) is 10.0. The van der Waals surface area contributed by atoms with Crippen molar-refractivity contribution >= 4 is 38.5 Å². The Balaban J connectivity index is 1.47. The molecule has 1 aromatic heterocycles. The Labute approximate surface area is 168 Å². The molecule has 2 fully saturated rings. The van der Waals surface area contributed by atoms with Crippen LogP contribution in [0.5, 0.6) is 5.75 Å².